The van der Waals surface area contributed by atoms with E-state index in [1.165, 1.54) is 19.3 Å². The Kier molecular flexibility index (Phi) is 6.73. The standard InChI is InChI=1S/C24H29N3O3S/c1-30-23-11-7-20(8-12-23)21-9-13-24(14-10-21)31(28,29)27(17-22-15-25-18-26-22)16-19-5-3-2-4-6-19/h7-15,18-19H,2-6,16-17H2,1H3,(H,25,26). The van der Waals surface area contributed by atoms with Crippen LogP contribution >= 0.6 is 0 Å². The van der Waals surface area contributed by atoms with E-state index in [1.54, 1.807) is 36.1 Å². The van der Waals surface area contributed by atoms with Gasteiger partial charge in [0.05, 0.1) is 24.9 Å². The Hall–Kier alpha value is -2.64. The number of hydrogen-bond donors (Lipinski definition) is 1. The van der Waals surface area contributed by atoms with E-state index >= 15 is 0 Å². The van der Waals surface area contributed by atoms with Crippen LogP contribution in [0.15, 0.2) is 66.0 Å². The van der Waals surface area contributed by atoms with Gasteiger partial charge in [0.25, 0.3) is 0 Å². The smallest absolute Gasteiger partial charge is 0.243 e. The van der Waals surface area contributed by atoms with Gasteiger partial charge in [0.15, 0.2) is 0 Å². The lowest BCUT2D eigenvalue weighted by Gasteiger charge is -2.29. The van der Waals surface area contributed by atoms with Crippen molar-refractivity contribution in [1.29, 1.82) is 0 Å². The van der Waals surface area contributed by atoms with Crippen molar-refractivity contribution in [1.82, 2.24) is 14.3 Å². The minimum Gasteiger partial charge on any atom is -0.497 e. The van der Waals surface area contributed by atoms with Crippen LogP contribution < -0.4 is 4.74 Å². The number of imidazole rings is 1. The zero-order valence-electron chi connectivity index (χ0n) is 17.8. The maximum atomic E-state index is 13.5. The van der Waals surface area contributed by atoms with Crippen molar-refractivity contribution in [2.24, 2.45) is 5.92 Å². The Bertz CT molecular complexity index is 1060. The highest BCUT2D eigenvalue weighted by atomic mass is 32.2. The molecule has 0 saturated heterocycles. The first-order chi connectivity index (χ1) is 15.1. The molecule has 0 bridgehead atoms. The summed E-state index contributed by atoms with van der Waals surface area (Å²) < 4.78 is 33.9. The van der Waals surface area contributed by atoms with E-state index in [-0.39, 0.29) is 0 Å². The quantitative estimate of drug-likeness (QED) is 0.544. The lowest BCUT2D eigenvalue weighted by molar-refractivity contribution is 0.274. The third-order valence-electron chi connectivity index (χ3n) is 6.00. The molecule has 1 aromatic heterocycles. The van der Waals surface area contributed by atoms with E-state index in [0.717, 1.165) is 35.4 Å². The number of sulfonamides is 1. The monoisotopic (exact) mass is 439 g/mol. The number of hydrogen-bond acceptors (Lipinski definition) is 4. The predicted molar refractivity (Wildman–Crippen MR) is 121 cm³/mol. The van der Waals surface area contributed by atoms with Crippen LogP contribution in [-0.2, 0) is 16.6 Å². The molecule has 0 radical (unpaired) electrons. The summed E-state index contributed by atoms with van der Waals surface area (Å²) in [5.41, 5.74) is 2.78. The average molecular weight is 440 g/mol. The number of benzene rings is 2. The van der Waals surface area contributed by atoms with Crippen molar-refractivity contribution in [3.8, 4) is 16.9 Å². The van der Waals surface area contributed by atoms with Gasteiger partial charge < -0.3 is 9.72 Å². The first-order valence-electron chi connectivity index (χ1n) is 10.8. The normalized spacial score (nSPS) is 15.3. The lowest BCUT2D eigenvalue weighted by atomic mass is 9.89. The van der Waals surface area contributed by atoms with Crippen LogP contribution in [0.25, 0.3) is 11.1 Å². The second-order valence-corrected chi connectivity index (χ2v) is 10.1. The molecule has 0 unspecified atom stereocenters. The highest BCUT2D eigenvalue weighted by Gasteiger charge is 2.28. The van der Waals surface area contributed by atoms with E-state index < -0.39 is 10.0 Å². The summed E-state index contributed by atoms with van der Waals surface area (Å²) in [6.45, 7) is 0.848. The van der Waals surface area contributed by atoms with Gasteiger partial charge in [-0.1, -0.05) is 43.5 Å². The molecule has 3 aromatic rings. The first kappa shape index (κ1) is 21.6. The average Bonchev–Trinajstić information content (AvgIpc) is 3.33. The Labute approximate surface area is 184 Å². The number of nitrogens with one attached hydrogen (secondary N) is 1. The number of rotatable bonds is 8. The number of aromatic nitrogens is 2. The Morgan fingerprint density at radius 3 is 2.23 bits per heavy atom. The number of aromatic amines is 1. The highest BCUT2D eigenvalue weighted by Crippen LogP contribution is 2.29. The van der Waals surface area contributed by atoms with Gasteiger partial charge in [-0.15, -0.1) is 0 Å². The molecule has 1 aliphatic carbocycles. The maximum absolute atomic E-state index is 13.5. The molecule has 2 aromatic carbocycles. The Balaban J connectivity index is 1.57. The third-order valence-corrected chi connectivity index (χ3v) is 7.83. The van der Waals surface area contributed by atoms with Gasteiger partial charge >= 0.3 is 0 Å². The molecular formula is C24H29N3O3S. The molecule has 0 atom stereocenters. The zero-order chi connectivity index (χ0) is 21.7. The van der Waals surface area contributed by atoms with Gasteiger partial charge in [-0.25, -0.2) is 13.4 Å². The Morgan fingerprint density at radius 1 is 1.00 bits per heavy atom. The first-order valence-corrected chi connectivity index (χ1v) is 12.2. The topological polar surface area (TPSA) is 75.3 Å². The predicted octanol–water partition coefficient (Wildman–Crippen LogP) is 4.86. The van der Waals surface area contributed by atoms with Crippen LogP contribution in [0.1, 0.15) is 37.8 Å². The van der Waals surface area contributed by atoms with Crippen molar-refractivity contribution in [2.45, 2.75) is 43.5 Å². The number of ether oxygens (including phenoxy) is 1. The van der Waals surface area contributed by atoms with Crippen LogP contribution in [0.2, 0.25) is 0 Å². The number of nitrogens with zero attached hydrogens (tertiary/aromatic N) is 2. The van der Waals surface area contributed by atoms with Crippen molar-refractivity contribution >= 4 is 10.0 Å². The molecule has 4 rings (SSSR count). The van der Waals surface area contributed by atoms with Crippen LogP contribution in [0, 0.1) is 5.92 Å². The second-order valence-electron chi connectivity index (χ2n) is 8.13. The summed E-state index contributed by atoms with van der Waals surface area (Å²) in [5, 5.41) is 0. The summed E-state index contributed by atoms with van der Waals surface area (Å²) in [6.07, 6.45) is 9.06. The van der Waals surface area contributed by atoms with E-state index in [9.17, 15) is 8.42 Å². The summed E-state index contributed by atoms with van der Waals surface area (Å²) in [5.74, 6) is 1.20. The molecule has 1 heterocycles. The molecule has 1 saturated carbocycles. The molecular weight excluding hydrogens is 410 g/mol. The van der Waals surface area contributed by atoms with E-state index in [1.807, 2.05) is 36.4 Å². The molecule has 1 fully saturated rings. The molecule has 7 heteroatoms. The van der Waals surface area contributed by atoms with Gasteiger partial charge in [-0.05, 0) is 54.2 Å². The van der Waals surface area contributed by atoms with Crippen LogP contribution in [-0.4, -0.2) is 36.3 Å². The van der Waals surface area contributed by atoms with Gasteiger partial charge in [0.1, 0.15) is 5.75 Å². The van der Waals surface area contributed by atoms with Crippen molar-refractivity contribution in [2.75, 3.05) is 13.7 Å². The second kappa shape index (κ2) is 9.66. The summed E-state index contributed by atoms with van der Waals surface area (Å²) >= 11 is 0. The minimum atomic E-state index is -3.62. The summed E-state index contributed by atoms with van der Waals surface area (Å²) in [6, 6.07) is 14.9. The van der Waals surface area contributed by atoms with Crippen molar-refractivity contribution < 1.29 is 13.2 Å². The summed E-state index contributed by atoms with van der Waals surface area (Å²) in [7, 11) is -1.98. The SMILES string of the molecule is COc1ccc(-c2ccc(S(=O)(=O)N(Cc3cnc[nH]3)CC3CCCCC3)cc2)cc1. The van der Waals surface area contributed by atoms with Gasteiger partial charge in [-0.3, -0.25) is 0 Å². The van der Waals surface area contributed by atoms with Crippen LogP contribution in [0.4, 0.5) is 0 Å². The fourth-order valence-corrected chi connectivity index (χ4v) is 5.71. The van der Waals surface area contributed by atoms with Crippen LogP contribution in [0.5, 0.6) is 5.75 Å². The molecule has 1 aliphatic rings. The highest BCUT2D eigenvalue weighted by molar-refractivity contribution is 7.89. The molecule has 164 valence electrons. The van der Waals surface area contributed by atoms with Crippen molar-refractivity contribution in [3.63, 3.8) is 0 Å². The Morgan fingerprint density at radius 2 is 1.65 bits per heavy atom. The lowest BCUT2D eigenvalue weighted by Crippen LogP contribution is -2.35. The molecule has 6 nitrogen and oxygen atoms in total. The fourth-order valence-electron chi connectivity index (χ4n) is 4.22. The molecule has 0 amide bonds. The number of H-pyrrole nitrogens is 1. The minimum absolute atomic E-state index is 0.305. The van der Waals surface area contributed by atoms with Crippen LogP contribution in [0.3, 0.4) is 0 Å². The maximum Gasteiger partial charge on any atom is 0.243 e. The fraction of sp³-hybridized carbons (Fsp3) is 0.375. The van der Waals surface area contributed by atoms with E-state index in [2.05, 4.69) is 9.97 Å². The van der Waals surface area contributed by atoms with Gasteiger partial charge in [-0.2, -0.15) is 4.31 Å². The molecule has 31 heavy (non-hydrogen) atoms. The molecule has 1 N–H and O–H groups in total. The van der Waals surface area contributed by atoms with E-state index in [4.69, 9.17) is 4.74 Å². The third kappa shape index (κ3) is 5.17. The molecule has 0 aliphatic heterocycles. The van der Waals surface area contributed by atoms with E-state index in [0.29, 0.717) is 23.9 Å². The summed E-state index contributed by atoms with van der Waals surface area (Å²) in [4.78, 5) is 7.41. The largest absolute Gasteiger partial charge is 0.497 e. The number of methoxy groups -OCH3 is 1. The zero-order valence-corrected chi connectivity index (χ0v) is 18.6. The van der Waals surface area contributed by atoms with Gasteiger partial charge in [0, 0.05) is 18.4 Å². The van der Waals surface area contributed by atoms with Gasteiger partial charge in [0.2, 0.25) is 10.0 Å². The molecule has 0 spiro atoms. The van der Waals surface area contributed by atoms with Crippen molar-refractivity contribution in [3.05, 3.63) is 66.7 Å².